The van der Waals surface area contributed by atoms with Gasteiger partial charge in [0.1, 0.15) is 5.69 Å². The van der Waals surface area contributed by atoms with Crippen molar-refractivity contribution in [2.75, 3.05) is 11.9 Å². The molecular weight excluding hydrogens is 384 g/mol. The molecule has 0 aliphatic heterocycles. The number of amides is 1. The van der Waals surface area contributed by atoms with Gasteiger partial charge < -0.3 is 14.6 Å². The Bertz CT molecular complexity index is 1070. The minimum Gasteiger partial charge on any atom is -0.462 e. The zero-order valence-corrected chi connectivity index (χ0v) is 17.6. The van der Waals surface area contributed by atoms with E-state index in [1.807, 2.05) is 20.8 Å². The molecule has 0 saturated heterocycles. The van der Waals surface area contributed by atoms with Crippen molar-refractivity contribution in [1.82, 2.24) is 15.1 Å². The van der Waals surface area contributed by atoms with Crippen LogP contribution in [0, 0.1) is 6.92 Å². The molecular formula is C22H24N4O4. The highest BCUT2D eigenvalue weighted by Crippen LogP contribution is 2.24. The molecule has 0 aliphatic carbocycles. The van der Waals surface area contributed by atoms with E-state index < -0.39 is 5.97 Å². The average Bonchev–Trinajstić information content (AvgIpc) is 3.19. The highest BCUT2D eigenvalue weighted by molar-refractivity contribution is 6.03. The molecule has 0 unspecified atom stereocenters. The summed E-state index contributed by atoms with van der Waals surface area (Å²) in [5, 5.41) is 6.80. The van der Waals surface area contributed by atoms with Crippen LogP contribution in [0.4, 0.5) is 5.69 Å². The Kier molecular flexibility index (Phi) is 5.96. The number of aromatic nitrogens is 3. The van der Waals surface area contributed by atoms with Crippen molar-refractivity contribution in [3.05, 3.63) is 59.2 Å². The standard InChI is InChI=1S/C22H24N4O4/c1-6-29-20(28)16-11-12-17(23-13(16)2)19(27)24-15-9-7-14(8-10-15)18-25-21(30-26-18)22(3,4)5/h7-12H,6H2,1-5H3,(H,24,27). The average molecular weight is 408 g/mol. The Balaban J connectivity index is 1.71. The number of benzene rings is 1. The van der Waals surface area contributed by atoms with Crippen LogP contribution in [0.2, 0.25) is 0 Å². The molecule has 0 spiro atoms. The van der Waals surface area contributed by atoms with E-state index >= 15 is 0 Å². The van der Waals surface area contributed by atoms with Gasteiger partial charge in [0.05, 0.1) is 17.9 Å². The van der Waals surface area contributed by atoms with E-state index in [4.69, 9.17) is 9.26 Å². The van der Waals surface area contributed by atoms with E-state index in [0.717, 1.165) is 5.56 Å². The van der Waals surface area contributed by atoms with Crippen LogP contribution < -0.4 is 5.32 Å². The number of nitrogens with one attached hydrogen (secondary N) is 1. The fourth-order valence-corrected chi connectivity index (χ4v) is 2.66. The fraction of sp³-hybridized carbons (Fsp3) is 0.318. The Morgan fingerprint density at radius 2 is 1.77 bits per heavy atom. The summed E-state index contributed by atoms with van der Waals surface area (Å²) in [5.74, 6) is 0.212. The number of ether oxygens (including phenoxy) is 1. The third-order valence-electron chi connectivity index (χ3n) is 4.28. The number of hydrogen-bond donors (Lipinski definition) is 1. The lowest BCUT2D eigenvalue weighted by molar-refractivity contribution is 0.0524. The Morgan fingerprint density at radius 3 is 2.33 bits per heavy atom. The van der Waals surface area contributed by atoms with Gasteiger partial charge in [-0.1, -0.05) is 25.9 Å². The zero-order valence-electron chi connectivity index (χ0n) is 17.6. The molecule has 8 nitrogen and oxygen atoms in total. The number of esters is 1. The summed E-state index contributed by atoms with van der Waals surface area (Å²) in [4.78, 5) is 33.0. The molecule has 0 atom stereocenters. The van der Waals surface area contributed by atoms with Crippen molar-refractivity contribution < 1.29 is 18.8 Å². The summed E-state index contributed by atoms with van der Waals surface area (Å²) in [7, 11) is 0. The smallest absolute Gasteiger partial charge is 0.339 e. The number of anilines is 1. The lowest BCUT2D eigenvalue weighted by Crippen LogP contribution is -2.16. The van der Waals surface area contributed by atoms with E-state index in [2.05, 4.69) is 20.4 Å². The van der Waals surface area contributed by atoms with Crippen LogP contribution in [-0.4, -0.2) is 33.6 Å². The maximum absolute atomic E-state index is 12.5. The van der Waals surface area contributed by atoms with Crippen molar-refractivity contribution in [1.29, 1.82) is 0 Å². The number of carbonyl (C=O) groups is 2. The molecule has 0 aliphatic rings. The fourth-order valence-electron chi connectivity index (χ4n) is 2.66. The summed E-state index contributed by atoms with van der Waals surface area (Å²) < 4.78 is 10.3. The van der Waals surface area contributed by atoms with Crippen LogP contribution in [0.3, 0.4) is 0 Å². The maximum Gasteiger partial charge on any atom is 0.339 e. The van der Waals surface area contributed by atoms with Crippen LogP contribution in [0.5, 0.6) is 0 Å². The van der Waals surface area contributed by atoms with Gasteiger partial charge in [0.15, 0.2) is 0 Å². The van der Waals surface area contributed by atoms with Gasteiger partial charge in [0.2, 0.25) is 11.7 Å². The molecule has 0 saturated carbocycles. The molecule has 156 valence electrons. The van der Waals surface area contributed by atoms with Gasteiger partial charge in [0.25, 0.3) is 5.91 Å². The van der Waals surface area contributed by atoms with Gasteiger partial charge in [-0.3, -0.25) is 4.79 Å². The van der Waals surface area contributed by atoms with Crippen LogP contribution in [-0.2, 0) is 10.2 Å². The van der Waals surface area contributed by atoms with E-state index in [1.165, 1.54) is 6.07 Å². The summed E-state index contributed by atoms with van der Waals surface area (Å²) >= 11 is 0. The second-order valence-corrected chi connectivity index (χ2v) is 7.75. The lowest BCUT2D eigenvalue weighted by atomic mass is 9.97. The first kappa shape index (κ1) is 21.2. The van der Waals surface area contributed by atoms with Gasteiger partial charge >= 0.3 is 5.97 Å². The summed E-state index contributed by atoms with van der Waals surface area (Å²) in [5.41, 5.74) is 2.12. The normalized spacial score (nSPS) is 11.2. The van der Waals surface area contributed by atoms with Crippen LogP contribution in [0.25, 0.3) is 11.4 Å². The van der Waals surface area contributed by atoms with Crippen LogP contribution >= 0.6 is 0 Å². The van der Waals surface area contributed by atoms with E-state index in [1.54, 1.807) is 44.2 Å². The lowest BCUT2D eigenvalue weighted by Gasteiger charge is -2.10. The molecule has 0 bridgehead atoms. The topological polar surface area (TPSA) is 107 Å². The predicted octanol–water partition coefficient (Wildman–Crippen LogP) is 4.17. The number of pyridine rings is 1. The highest BCUT2D eigenvalue weighted by Gasteiger charge is 2.22. The molecule has 1 N–H and O–H groups in total. The number of aryl methyl sites for hydroxylation is 1. The van der Waals surface area contributed by atoms with Crippen LogP contribution in [0.15, 0.2) is 40.9 Å². The summed E-state index contributed by atoms with van der Waals surface area (Å²) in [6.07, 6.45) is 0. The molecule has 1 aromatic carbocycles. The molecule has 0 fully saturated rings. The van der Waals surface area contributed by atoms with Crippen molar-refractivity contribution in [2.24, 2.45) is 0 Å². The molecule has 8 heteroatoms. The van der Waals surface area contributed by atoms with E-state index in [0.29, 0.717) is 28.7 Å². The number of rotatable bonds is 5. The second-order valence-electron chi connectivity index (χ2n) is 7.75. The van der Waals surface area contributed by atoms with Crippen molar-refractivity contribution in [3.63, 3.8) is 0 Å². The molecule has 30 heavy (non-hydrogen) atoms. The van der Waals surface area contributed by atoms with Crippen LogP contribution in [0.1, 0.15) is 60.1 Å². The van der Waals surface area contributed by atoms with E-state index in [-0.39, 0.29) is 23.6 Å². The largest absolute Gasteiger partial charge is 0.462 e. The Morgan fingerprint density at radius 1 is 1.07 bits per heavy atom. The number of nitrogens with zero attached hydrogens (tertiary/aromatic N) is 3. The summed E-state index contributed by atoms with van der Waals surface area (Å²) in [6.45, 7) is 9.66. The SMILES string of the molecule is CCOC(=O)c1ccc(C(=O)Nc2ccc(-c3noc(C(C)(C)C)n3)cc2)nc1C. The van der Waals surface area contributed by atoms with Gasteiger partial charge in [-0.15, -0.1) is 0 Å². The molecule has 2 aromatic heterocycles. The van der Waals surface area contributed by atoms with Gasteiger partial charge in [0, 0.05) is 16.7 Å². The minimum atomic E-state index is -0.457. The van der Waals surface area contributed by atoms with Gasteiger partial charge in [-0.05, 0) is 50.2 Å². The molecule has 3 aromatic rings. The van der Waals surface area contributed by atoms with Gasteiger partial charge in [-0.2, -0.15) is 4.98 Å². The quantitative estimate of drug-likeness (QED) is 0.631. The van der Waals surface area contributed by atoms with Crippen molar-refractivity contribution in [3.8, 4) is 11.4 Å². The van der Waals surface area contributed by atoms with Crippen molar-refractivity contribution >= 4 is 17.6 Å². The predicted molar refractivity (Wildman–Crippen MR) is 111 cm³/mol. The number of hydrogen-bond acceptors (Lipinski definition) is 7. The Labute approximate surface area is 174 Å². The maximum atomic E-state index is 12.5. The first-order valence-electron chi connectivity index (χ1n) is 9.59. The second kappa shape index (κ2) is 8.44. The summed E-state index contributed by atoms with van der Waals surface area (Å²) in [6, 6.07) is 10.1. The monoisotopic (exact) mass is 408 g/mol. The van der Waals surface area contributed by atoms with Crippen molar-refractivity contribution in [2.45, 2.75) is 40.0 Å². The number of carbonyl (C=O) groups excluding carboxylic acids is 2. The molecule has 3 rings (SSSR count). The zero-order chi connectivity index (χ0) is 21.9. The molecule has 0 radical (unpaired) electrons. The third kappa shape index (κ3) is 4.71. The van der Waals surface area contributed by atoms with Gasteiger partial charge in [-0.25, -0.2) is 9.78 Å². The molecule has 1 amide bonds. The third-order valence-corrected chi connectivity index (χ3v) is 4.28. The first-order valence-corrected chi connectivity index (χ1v) is 9.59. The Hall–Kier alpha value is -3.55. The molecule has 2 heterocycles. The minimum absolute atomic E-state index is 0.206. The van der Waals surface area contributed by atoms with E-state index in [9.17, 15) is 9.59 Å². The highest BCUT2D eigenvalue weighted by atomic mass is 16.5. The first-order chi connectivity index (χ1) is 14.2.